The molecular weight excluding hydrogens is 140 g/mol. The summed E-state index contributed by atoms with van der Waals surface area (Å²) in [6.45, 7) is 8.20. The molecule has 0 N–H and O–H groups in total. The maximum Gasteiger partial charge on any atom is 0.309 e. The predicted octanol–water partition coefficient (Wildman–Crippen LogP) is 1.84. The normalized spacial score (nSPS) is 37.9. The Morgan fingerprint density at radius 3 is 2.09 bits per heavy atom. The molecule has 0 aromatic rings. The first-order valence-electron chi connectivity index (χ1n) is 4.24. The second kappa shape index (κ2) is 2.84. The molecule has 1 aliphatic heterocycles. The molecule has 0 aromatic carbocycles. The maximum atomic E-state index is 11.1. The fourth-order valence-electron chi connectivity index (χ4n) is 1.59. The van der Waals surface area contributed by atoms with E-state index >= 15 is 0 Å². The molecule has 0 saturated carbocycles. The van der Waals surface area contributed by atoms with E-state index in [0.29, 0.717) is 11.8 Å². The van der Waals surface area contributed by atoms with Crippen molar-refractivity contribution in [2.45, 2.75) is 33.8 Å². The molecule has 0 amide bonds. The number of hydrogen-bond acceptors (Lipinski definition) is 2. The summed E-state index contributed by atoms with van der Waals surface area (Å²) in [5, 5.41) is 0. The third kappa shape index (κ3) is 1.39. The van der Waals surface area contributed by atoms with Crippen LogP contribution in [0.2, 0.25) is 0 Å². The Hall–Kier alpha value is -0.530. The molecule has 1 rings (SSSR count). The van der Waals surface area contributed by atoms with Gasteiger partial charge in [0.05, 0.1) is 5.92 Å². The number of ether oxygens (including phenoxy) is 1. The summed E-state index contributed by atoms with van der Waals surface area (Å²) < 4.78 is 5.21. The minimum Gasteiger partial charge on any atom is -0.462 e. The van der Waals surface area contributed by atoms with Gasteiger partial charge < -0.3 is 4.74 Å². The first-order valence-corrected chi connectivity index (χ1v) is 4.24. The lowest BCUT2D eigenvalue weighted by atomic mass is 9.88. The number of carbonyl (C=O) groups is 1. The van der Waals surface area contributed by atoms with Crippen LogP contribution in [0, 0.1) is 17.8 Å². The van der Waals surface area contributed by atoms with E-state index in [2.05, 4.69) is 20.8 Å². The van der Waals surface area contributed by atoms with Gasteiger partial charge in [-0.1, -0.05) is 27.7 Å². The molecular formula is C9H16O2. The van der Waals surface area contributed by atoms with Gasteiger partial charge in [0.25, 0.3) is 0 Å². The highest BCUT2D eigenvalue weighted by atomic mass is 16.6. The Labute approximate surface area is 67.9 Å². The Morgan fingerprint density at radius 1 is 1.36 bits per heavy atom. The summed E-state index contributed by atoms with van der Waals surface area (Å²) in [5.41, 5.74) is 0. The second-order valence-corrected chi connectivity index (χ2v) is 3.79. The highest BCUT2D eigenvalue weighted by Crippen LogP contribution is 2.31. The van der Waals surface area contributed by atoms with E-state index in [4.69, 9.17) is 4.74 Å². The van der Waals surface area contributed by atoms with Crippen LogP contribution in [0.15, 0.2) is 0 Å². The summed E-state index contributed by atoms with van der Waals surface area (Å²) in [6, 6.07) is 0. The van der Waals surface area contributed by atoms with Crippen LogP contribution in [0.5, 0.6) is 0 Å². The van der Waals surface area contributed by atoms with Gasteiger partial charge in [0.1, 0.15) is 6.10 Å². The quantitative estimate of drug-likeness (QED) is 0.541. The molecule has 0 bridgehead atoms. The Balaban J connectivity index is 2.67. The van der Waals surface area contributed by atoms with Crippen LogP contribution in [-0.2, 0) is 9.53 Å². The van der Waals surface area contributed by atoms with Crippen molar-refractivity contribution in [3.8, 4) is 0 Å². The number of rotatable bonds is 1. The maximum absolute atomic E-state index is 11.1. The smallest absolute Gasteiger partial charge is 0.309 e. The van der Waals surface area contributed by atoms with Crippen LogP contribution >= 0.6 is 0 Å². The lowest BCUT2D eigenvalue weighted by Gasteiger charge is -2.18. The van der Waals surface area contributed by atoms with Crippen LogP contribution in [0.4, 0.5) is 0 Å². The zero-order chi connectivity index (χ0) is 8.59. The van der Waals surface area contributed by atoms with Gasteiger partial charge in [-0.15, -0.1) is 0 Å². The molecule has 64 valence electrons. The van der Waals surface area contributed by atoms with E-state index in [1.54, 1.807) is 0 Å². The minimum atomic E-state index is -0.0313. The molecule has 1 fully saturated rings. The van der Waals surface area contributed by atoms with Crippen LogP contribution in [0.1, 0.15) is 27.7 Å². The third-order valence-electron chi connectivity index (χ3n) is 2.59. The van der Waals surface area contributed by atoms with Crippen molar-refractivity contribution < 1.29 is 9.53 Å². The summed E-state index contributed by atoms with van der Waals surface area (Å²) in [6.07, 6.45) is 0.137. The Kier molecular flexibility index (Phi) is 2.21. The second-order valence-electron chi connectivity index (χ2n) is 3.79. The van der Waals surface area contributed by atoms with E-state index < -0.39 is 0 Å². The summed E-state index contributed by atoms with van der Waals surface area (Å²) in [7, 11) is 0. The molecule has 3 atom stereocenters. The van der Waals surface area contributed by atoms with Gasteiger partial charge in [0, 0.05) is 5.92 Å². The molecule has 0 aromatic heterocycles. The molecule has 2 nitrogen and oxygen atoms in total. The van der Waals surface area contributed by atoms with E-state index in [-0.39, 0.29) is 18.0 Å². The number of carbonyl (C=O) groups excluding carboxylic acids is 1. The van der Waals surface area contributed by atoms with Crippen molar-refractivity contribution >= 4 is 5.97 Å². The predicted molar refractivity (Wildman–Crippen MR) is 43.0 cm³/mol. The van der Waals surface area contributed by atoms with Gasteiger partial charge in [-0.3, -0.25) is 4.79 Å². The zero-order valence-corrected chi connectivity index (χ0v) is 7.63. The van der Waals surface area contributed by atoms with Crippen molar-refractivity contribution in [2.75, 3.05) is 0 Å². The van der Waals surface area contributed by atoms with Gasteiger partial charge in [-0.05, 0) is 5.92 Å². The van der Waals surface area contributed by atoms with Gasteiger partial charge in [-0.2, -0.15) is 0 Å². The largest absolute Gasteiger partial charge is 0.462 e. The fourth-order valence-corrected chi connectivity index (χ4v) is 1.59. The van der Waals surface area contributed by atoms with Crippen LogP contribution < -0.4 is 0 Å². The number of esters is 1. The molecule has 0 spiro atoms. The van der Waals surface area contributed by atoms with Gasteiger partial charge in [0.2, 0.25) is 0 Å². The first-order chi connectivity index (χ1) is 5.04. The minimum absolute atomic E-state index is 0.0313. The first kappa shape index (κ1) is 8.57. The highest BCUT2D eigenvalue weighted by molar-refractivity contribution is 5.74. The van der Waals surface area contributed by atoms with Crippen LogP contribution in [0.25, 0.3) is 0 Å². The van der Waals surface area contributed by atoms with E-state index in [9.17, 15) is 4.79 Å². The lowest BCUT2D eigenvalue weighted by Crippen LogP contribution is -2.21. The van der Waals surface area contributed by atoms with Crippen molar-refractivity contribution in [3.05, 3.63) is 0 Å². The fraction of sp³-hybridized carbons (Fsp3) is 0.889. The Bertz CT molecular complexity index is 163. The van der Waals surface area contributed by atoms with Gasteiger partial charge in [-0.25, -0.2) is 0 Å². The molecule has 1 saturated heterocycles. The van der Waals surface area contributed by atoms with Crippen molar-refractivity contribution in [1.82, 2.24) is 0 Å². The third-order valence-corrected chi connectivity index (χ3v) is 2.59. The molecule has 11 heavy (non-hydrogen) atoms. The summed E-state index contributed by atoms with van der Waals surface area (Å²) in [5.74, 6) is 0.875. The standard InChI is InChI=1S/C9H16O2/c1-5(2)8-6(3)7(4)9(10)11-8/h5-8H,1-4H3/t6-,7-,8+/m1/s1. The van der Waals surface area contributed by atoms with Crippen molar-refractivity contribution in [3.63, 3.8) is 0 Å². The van der Waals surface area contributed by atoms with Gasteiger partial charge >= 0.3 is 5.97 Å². The van der Waals surface area contributed by atoms with Crippen LogP contribution in [-0.4, -0.2) is 12.1 Å². The number of hydrogen-bond donors (Lipinski definition) is 0. The monoisotopic (exact) mass is 156 g/mol. The molecule has 2 heteroatoms. The summed E-state index contributed by atoms with van der Waals surface area (Å²) in [4.78, 5) is 11.1. The van der Waals surface area contributed by atoms with Gasteiger partial charge in [0.15, 0.2) is 0 Å². The molecule has 1 heterocycles. The highest BCUT2D eigenvalue weighted by Gasteiger charge is 2.39. The van der Waals surface area contributed by atoms with E-state index in [0.717, 1.165) is 0 Å². The zero-order valence-electron chi connectivity index (χ0n) is 7.63. The Morgan fingerprint density at radius 2 is 1.91 bits per heavy atom. The number of cyclic esters (lactones) is 1. The average molecular weight is 156 g/mol. The van der Waals surface area contributed by atoms with Crippen molar-refractivity contribution in [2.24, 2.45) is 17.8 Å². The van der Waals surface area contributed by atoms with E-state index in [1.165, 1.54) is 0 Å². The van der Waals surface area contributed by atoms with Crippen LogP contribution in [0.3, 0.4) is 0 Å². The van der Waals surface area contributed by atoms with Crippen molar-refractivity contribution in [1.29, 1.82) is 0 Å². The van der Waals surface area contributed by atoms with E-state index in [1.807, 2.05) is 6.92 Å². The molecule has 1 aliphatic rings. The topological polar surface area (TPSA) is 26.3 Å². The molecule has 0 aliphatic carbocycles. The molecule has 0 unspecified atom stereocenters. The summed E-state index contributed by atoms with van der Waals surface area (Å²) >= 11 is 0. The molecule has 0 radical (unpaired) electrons. The average Bonchev–Trinajstić information content (AvgIpc) is 2.17. The SMILES string of the molecule is CC(C)[C@@H]1OC(=O)[C@H](C)[C@H]1C. The lowest BCUT2D eigenvalue weighted by molar-refractivity contribution is -0.145.